The van der Waals surface area contributed by atoms with Crippen LogP contribution in [0.3, 0.4) is 0 Å². The van der Waals surface area contributed by atoms with Crippen LogP contribution in [0.5, 0.6) is 5.75 Å². The molecule has 0 radical (unpaired) electrons. The molecular weight excluding hydrogens is 348 g/mol. The van der Waals surface area contributed by atoms with Crippen LogP contribution in [0.25, 0.3) is 0 Å². The average Bonchev–Trinajstić information content (AvgIpc) is 2.60. The van der Waals surface area contributed by atoms with E-state index in [0.717, 1.165) is 12.8 Å². The maximum Gasteiger partial charge on any atom is 0.321 e. The van der Waals surface area contributed by atoms with E-state index < -0.39 is 0 Å². The second-order valence-corrected chi connectivity index (χ2v) is 6.41. The van der Waals surface area contributed by atoms with Crippen LogP contribution < -0.4 is 20.7 Å². The number of carbonyl (C=O) groups excluding carboxylic acids is 3. The van der Waals surface area contributed by atoms with Gasteiger partial charge in [-0.15, -0.1) is 0 Å². The third-order valence-corrected chi connectivity index (χ3v) is 4.52. The van der Waals surface area contributed by atoms with E-state index >= 15 is 0 Å². The number of nitrogens with one attached hydrogen (secondary N) is 3. The minimum absolute atomic E-state index is 0.0609. The number of hydrogen-bond donors (Lipinski definition) is 3. The number of hydrogen-bond acceptors (Lipinski definition) is 4. The third-order valence-electron chi connectivity index (χ3n) is 4.24. The molecule has 3 rings (SSSR count). The normalized spacial score (nSPS) is 19.4. The molecule has 0 saturated carbocycles. The van der Waals surface area contributed by atoms with E-state index in [4.69, 9.17) is 16.3 Å². The summed E-state index contributed by atoms with van der Waals surface area (Å²) in [4.78, 5) is 37.3. The van der Waals surface area contributed by atoms with Gasteiger partial charge in [0.15, 0.2) is 12.4 Å². The molecule has 3 N–H and O–H groups in total. The van der Waals surface area contributed by atoms with Gasteiger partial charge in [0, 0.05) is 25.8 Å². The molecule has 1 unspecified atom stereocenters. The molecule has 134 valence electrons. The van der Waals surface area contributed by atoms with Crippen molar-refractivity contribution in [3.05, 3.63) is 17.2 Å². The van der Waals surface area contributed by atoms with E-state index in [-0.39, 0.29) is 30.4 Å². The Morgan fingerprint density at radius 3 is 2.96 bits per heavy atom. The van der Waals surface area contributed by atoms with Crippen LogP contribution in [-0.4, -0.2) is 49.5 Å². The first kappa shape index (κ1) is 17.3. The van der Waals surface area contributed by atoms with Crippen LogP contribution in [0.15, 0.2) is 12.1 Å². The first-order chi connectivity index (χ1) is 12.0. The van der Waals surface area contributed by atoms with Crippen molar-refractivity contribution in [1.29, 1.82) is 0 Å². The lowest BCUT2D eigenvalue weighted by atomic mass is 9.97. The smallest absolute Gasteiger partial charge is 0.321 e. The summed E-state index contributed by atoms with van der Waals surface area (Å²) >= 11 is 6.15. The first-order valence-corrected chi connectivity index (χ1v) is 8.39. The van der Waals surface area contributed by atoms with E-state index in [0.29, 0.717) is 35.2 Å². The fraction of sp³-hybridized carbons (Fsp3) is 0.438. The van der Waals surface area contributed by atoms with Crippen LogP contribution in [0.2, 0.25) is 5.02 Å². The molecule has 1 atom stereocenters. The zero-order valence-electron chi connectivity index (χ0n) is 13.7. The zero-order valence-corrected chi connectivity index (χ0v) is 14.5. The minimum atomic E-state index is -0.312. The van der Waals surface area contributed by atoms with Crippen molar-refractivity contribution in [3.63, 3.8) is 0 Å². The molecule has 0 spiro atoms. The lowest BCUT2D eigenvalue weighted by Gasteiger charge is -2.32. The van der Waals surface area contributed by atoms with Gasteiger partial charge in [-0.2, -0.15) is 0 Å². The summed E-state index contributed by atoms with van der Waals surface area (Å²) in [5, 5.41) is 8.34. The fourth-order valence-corrected chi connectivity index (χ4v) is 3.29. The lowest BCUT2D eigenvalue weighted by molar-refractivity contribution is -0.125. The minimum Gasteiger partial charge on any atom is -0.480 e. The van der Waals surface area contributed by atoms with E-state index in [2.05, 4.69) is 16.0 Å². The van der Waals surface area contributed by atoms with Gasteiger partial charge in [-0.05, 0) is 25.0 Å². The van der Waals surface area contributed by atoms with Crippen molar-refractivity contribution >= 4 is 40.8 Å². The number of rotatable bonds is 2. The summed E-state index contributed by atoms with van der Waals surface area (Å²) in [6, 6.07) is 2.85. The van der Waals surface area contributed by atoms with Gasteiger partial charge < -0.3 is 25.6 Å². The Labute approximate surface area is 149 Å². The Hall–Kier alpha value is -2.48. The van der Waals surface area contributed by atoms with Crippen LogP contribution >= 0.6 is 11.6 Å². The van der Waals surface area contributed by atoms with Crippen LogP contribution in [-0.2, 0) is 9.59 Å². The van der Waals surface area contributed by atoms with Gasteiger partial charge >= 0.3 is 6.03 Å². The summed E-state index contributed by atoms with van der Waals surface area (Å²) in [5.41, 5.74) is 0.863. The standard InChI is InChI=1S/C16H19ClN4O4/c1-18-15(23)9-3-2-4-21(7-9)16(24)19-10-5-11(17)14-12(6-10)20-13(22)8-25-14/h5-6,9H,2-4,7-8H2,1H3,(H,18,23)(H,19,24)(H,20,22). The quantitative estimate of drug-likeness (QED) is 0.741. The first-order valence-electron chi connectivity index (χ1n) is 8.01. The highest BCUT2D eigenvalue weighted by Gasteiger charge is 2.28. The number of carbonyl (C=O) groups is 3. The Bertz CT molecular complexity index is 724. The predicted molar refractivity (Wildman–Crippen MR) is 93.0 cm³/mol. The number of likely N-dealkylation sites (tertiary alicyclic amines) is 1. The monoisotopic (exact) mass is 366 g/mol. The molecule has 1 saturated heterocycles. The number of urea groups is 1. The van der Waals surface area contributed by atoms with Crippen molar-refractivity contribution in [2.75, 3.05) is 37.4 Å². The SMILES string of the molecule is CNC(=O)C1CCCN(C(=O)Nc2cc(Cl)c3c(c2)NC(=O)CO3)C1. The summed E-state index contributed by atoms with van der Waals surface area (Å²) in [7, 11) is 1.59. The average molecular weight is 367 g/mol. The van der Waals surface area contributed by atoms with Crippen molar-refractivity contribution in [1.82, 2.24) is 10.2 Å². The van der Waals surface area contributed by atoms with Crippen molar-refractivity contribution in [2.24, 2.45) is 5.92 Å². The molecular formula is C16H19ClN4O4. The number of anilines is 2. The van der Waals surface area contributed by atoms with Gasteiger partial charge in [-0.1, -0.05) is 11.6 Å². The number of benzene rings is 1. The molecule has 1 aromatic carbocycles. The topological polar surface area (TPSA) is 99.8 Å². The Kier molecular flexibility index (Phi) is 4.98. The van der Waals surface area contributed by atoms with Gasteiger partial charge in [0.1, 0.15) is 0 Å². The maximum atomic E-state index is 12.5. The highest BCUT2D eigenvalue weighted by atomic mass is 35.5. The molecule has 1 aromatic rings. The molecule has 0 aromatic heterocycles. The van der Waals surface area contributed by atoms with Gasteiger partial charge in [0.2, 0.25) is 5.91 Å². The highest BCUT2D eigenvalue weighted by Crippen LogP contribution is 2.38. The molecule has 1 fully saturated rings. The summed E-state index contributed by atoms with van der Waals surface area (Å²) in [6.07, 6.45) is 1.53. The molecule has 2 aliphatic rings. The third kappa shape index (κ3) is 3.79. The van der Waals surface area contributed by atoms with Crippen LogP contribution in [0.1, 0.15) is 12.8 Å². The number of piperidine rings is 1. The summed E-state index contributed by atoms with van der Waals surface area (Å²) in [6.45, 7) is 0.856. The molecule has 2 aliphatic heterocycles. The van der Waals surface area contributed by atoms with E-state index in [1.165, 1.54) is 0 Å². The van der Waals surface area contributed by atoms with E-state index in [9.17, 15) is 14.4 Å². The van der Waals surface area contributed by atoms with Gasteiger partial charge in [0.05, 0.1) is 16.6 Å². The molecule has 8 nitrogen and oxygen atoms in total. The predicted octanol–water partition coefficient (Wildman–Crippen LogP) is 1.66. The van der Waals surface area contributed by atoms with Crippen molar-refractivity contribution in [3.8, 4) is 5.75 Å². The maximum absolute atomic E-state index is 12.5. The molecule has 25 heavy (non-hydrogen) atoms. The summed E-state index contributed by atoms with van der Waals surface area (Å²) < 4.78 is 5.28. The largest absolute Gasteiger partial charge is 0.480 e. The van der Waals surface area contributed by atoms with Crippen molar-refractivity contribution in [2.45, 2.75) is 12.8 Å². The van der Waals surface area contributed by atoms with Gasteiger partial charge in [0.25, 0.3) is 5.91 Å². The Balaban J connectivity index is 1.70. The van der Waals surface area contributed by atoms with Gasteiger partial charge in [-0.3, -0.25) is 9.59 Å². The van der Waals surface area contributed by atoms with E-state index in [1.54, 1.807) is 24.1 Å². The molecule has 9 heteroatoms. The number of halogens is 1. The number of nitrogens with zero attached hydrogens (tertiary/aromatic N) is 1. The number of amides is 4. The molecule has 0 aliphatic carbocycles. The van der Waals surface area contributed by atoms with Crippen molar-refractivity contribution < 1.29 is 19.1 Å². The van der Waals surface area contributed by atoms with Crippen LogP contribution in [0, 0.1) is 5.92 Å². The molecule has 4 amide bonds. The second kappa shape index (κ2) is 7.18. The Morgan fingerprint density at radius 2 is 2.20 bits per heavy atom. The fourth-order valence-electron chi connectivity index (χ4n) is 3.01. The molecule has 2 heterocycles. The zero-order chi connectivity index (χ0) is 18.0. The number of ether oxygens (including phenoxy) is 1. The summed E-state index contributed by atoms with van der Waals surface area (Å²) in [5.74, 6) is -0.160. The number of fused-ring (bicyclic) bond motifs is 1. The van der Waals surface area contributed by atoms with Crippen LogP contribution in [0.4, 0.5) is 16.2 Å². The Morgan fingerprint density at radius 1 is 1.40 bits per heavy atom. The van der Waals surface area contributed by atoms with Gasteiger partial charge in [-0.25, -0.2) is 4.79 Å². The van der Waals surface area contributed by atoms with E-state index in [1.807, 2.05) is 0 Å². The molecule has 0 bridgehead atoms. The lowest BCUT2D eigenvalue weighted by Crippen LogP contribution is -2.46. The highest BCUT2D eigenvalue weighted by molar-refractivity contribution is 6.33. The second-order valence-electron chi connectivity index (χ2n) is 6.00.